The molecule has 3 rings (SSSR count). The summed E-state index contributed by atoms with van der Waals surface area (Å²) in [5.74, 6) is -3.65. The van der Waals surface area contributed by atoms with Crippen molar-refractivity contribution in [1.82, 2.24) is 5.32 Å². The summed E-state index contributed by atoms with van der Waals surface area (Å²) in [4.78, 5) is 33.9. The molecule has 0 saturated carbocycles. The summed E-state index contributed by atoms with van der Waals surface area (Å²) in [6, 6.07) is 12.3. The van der Waals surface area contributed by atoms with Gasteiger partial charge in [0.2, 0.25) is 5.91 Å². The van der Waals surface area contributed by atoms with Gasteiger partial charge in [0.15, 0.2) is 0 Å². The first-order chi connectivity index (χ1) is 14.5. The van der Waals surface area contributed by atoms with Crippen LogP contribution in [0.25, 0.3) is 0 Å². The third-order valence-corrected chi connectivity index (χ3v) is 5.35. The fourth-order valence-corrected chi connectivity index (χ4v) is 3.68. The number of amides is 1. The van der Waals surface area contributed by atoms with Crippen molar-refractivity contribution in [2.45, 2.75) is 32.2 Å². The molecule has 1 aromatic heterocycles. The number of carbonyl (C=O) groups is 3. The Balaban J connectivity index is 0.000000469. The van der Waals surface area contributed by atoms with Crippen LogP contribution in [-0.4, -0.2) is 47.7 Å². The van der Waals surface area contributed by atoms with E-state index in [0.29, 0.717) is 6.54 Å². The van der Waals surface area contributed by atoms with E-state index < -0.39 is 11.9 Å². The zero-order valence-electron chi connectivity index (χ0n) is 16.7. The lowest BCUT2D eigenvalue weighted by atomic mass is 10.2. The van der Waals surface area contributed by atoms with Gasteiger partial charge in [0.1, 0.15) is 0 Å². The largest absolute Gasteiger partial charge is 0.473 e. The molecule has 0 bridgehead atoms. The molecule has 2 aromatic rings. The summed E-state index contributed by atoms with van der Waals surface area (Å²) < 4.78 is 0. The summed E-state index contributed by atoms with van der Waals surface area (Å²) in [5.41, 5.74) is 2.11. The van der Waals surface area contributed by atoms with Crippen LogP contribution in [0.4, 0.5) is 11.4 Å². The molecule has 0 spiro atoms. The Morgan fingerprint density at radius 1 is 0.933 bits per heavy atom. The number of carboxylic acid groups (broad SMARTS) is 2. The second-order valence-electron chi connectivity index (χ2n) is 6.79. The van der Waals surface area contributed by atoms with E-state index in [1.807, 2.05) is 23.6 Å². The number of benzene rings is 1. The van der Waals surface area contributed by atoms with Crippen molar-refractivity contribution in [3.8, 4) is 0 Å². The van der Waals surface area contributed by atoms with Crippen LogP contribution >= 0.6 is 11.3 Å². The van der Waals surface area contributed by atoms with Crippen molar-refractivity contribution in [3.63, 3.8) is 0 Å². The van der Waals surface area contributed by atoms with E-state index in [9.17, 15) is 4.79 Å². The quantitative estimate of drug-likeness (QED) is 0.517. The van der Waals surface area contributed by atoms with Crippen molar-refractivity contribution in [1.29, 1.82) is 0 Å². The number of nitrogens with zero attached hydrogens (tertiary/aromatic N) is 1. The average Bonchev–Trinajstić information content (AvgIpc) is 3.09. The highest BCUT2D eigenvalue weighted by Crippen LogP contribution is 2.21. The van der Waals surface area contributed by atoms with Gasteiger partial charge in [-0.1, -0.05) is 18.9 Å². The Bertz CT molecular complexity index is 789. The maximum absolute atomic E-state index is 12.0. The van der Waals surface area contributed by atoms with Crippen molar-refractivity contribution < 1.29 is 24.6 Å². The maximum Gasteiger partial charge on any atom is 0.414 e. The van der Waals surface area contributed by atoms with Crippen LogP contribution in [0.2, 0.25) is 0 Å². The number of aliphatic carboxylic acids is 2. The van der Waals surface area contributed by atoms with E-state index >= 15 is 0 Å². The first-order valence-corrected chi connectivity index (χ1v) is 10.7. The second kappa shape index (κ2) is 12.6. The predicted octanol–water partition coefficient (Wildman–Crippen LogP) is 3.01. The number of carbonyl (C=O) groups excluding carboxylic acids is 1. The molecule has 1 aliphatic rings. The van der Waals surface area contributed by atoms with Crippen molar-refractivity contribution in [3.05, 3.63) is 46.7 Å². The van der Waals surface area contributed by atoms with Crippen LogP contribution in [0.15, 0.2) is 41.8 Å². The van der Waals surface area contributed by atoms with E-state index in [2.05, 4.69) is 33.7 Å². The summed E-state index contributed by atoms with van der Waals surface area (Å²) in [5, 5.41) is 22.9. The highest BCUT2D eigenvalue weighted by Gasteiger charge is 2.10. The number of nitrogens with one attached hydrogen (secondary N) is 2. The number of hydrogen-bond donors (Lipinski definition) is 4. The zero-order chi connectivity index (χ0) is 21.8. The lowest BCUT2D eigenvalue weighted by Crippen LogP contribution is -2.27. The Kier molecular flexibility index (Phi) is 9.82. The SMILES string of the molecule is O=C(CNCc1cccs1)Nc1ccc(N2CCCCCC2)cc1.O=C(O)C(=O)O. The molecule has 0 atom stereocenters. The van der Waals surface area contributed by atoms with Crippen LogP contribution in [0.1, 0.15) is 30.6 Å². The fourth-order valence-electron chi connectivity index (χ4n) is 3.00. The number of rotatable bonds is 6. The summed E-state index contributed by atoms with van der Waals surface area (Å²) >= 11 is 1.70. The Morgan fingerprint density at radius 3 is 2.10 bits per heavy atom. The lowest BCUT2D eigenvalue weighted by Gasteiger charge is -2.22. The molecule has 0 aliphatic carbocycles. The van der Waals surface area contributed by atoms with E-state index in [1.54, 1.807) is 11.3 Å². The van der Waals surface area contributed by atoms with Crippen LogP contribution in [0.3, 0.4) is 0 Å². The topological polar surface area (TPSA) is 119 Å². The minimum atomic E-state index is -1.82. The van der Waals surface area contributed by atoms with Crippen LogP contribution < -0.4 is 15.5 Å². The fraction of sp³-hybridized carbons (Fsp3) is 0.381. The highest BCUT2D eigenvalue weighted by molar-refractivity contribution is 7.09. The Hall–Kier alpha value is -2.91. The minimum Gasteiger partial charge on any atom is -0.473 e. The molecule has 4 N–H and O–H groups in total. The van der Waals surface area contributed by atoms with Gasteiger partial charge < -0.3 is 25.7 Å². The predicted molar refractivity (Wildman–Crippen MR) is 117 cm³/mol. The number of thiophene rings is 1. The molecule has 0 radical (unpaired) electrons. The van der Waals surface area contributed by atoms with Gasteiger partial charge in [0, 0.05) is 35.9 Å². The van der Waals surface area contributed by atoms with Gasteiger partial charge in [-0.25, -0.2) is 9.59 Å². The first-order valence-electron chi connectivity index (χ1n) is 9.80. The van der Waals surface area contributed by atoms with Gasteiger partial charge in [-0.2, -0.15) is 0 Å². The van der Waals surface area contributed by atoms with Gasteiger partial charge in [-0.3, -0.25) is 4.79 Å². The average molecular weight is 434 g/mol. The van der Waals surface area contributed by atoms with Crippen LogP contribution in [0, 0.1) is 0 Å². The van der Waals surface area contributed by atoms with Gasteiger partial charge in [-0.15, -0.1) is 11.3 Å². The van der Waals surface area contributed by atoms with E-state index in [-0.39, 0.29) is 5.91 Å². The molecule has 1 aliphatic heterocycles. The number of anilines is 2. The molecule has 2 heterocycles. The first kappa shape index (κ1) is 23.4. The molecule has 162 valence electrons. The molecule has 30 heavy (non-hydrogen) atoms. The third-order valence-electron chi connectivity index (χ3n) is 4.47. The second-order valence-corrected chi connectivity index (χ2v) is 7.82. The zero-order valence-corrected chi connectivity index (χ0v) is 17.5. The normalized spacial score (nSPS) is 13.5. The molecule has 1 aromatic carbocycles. The Labute approximate surface area is 179 Å². The molecule has 8 nitrogen and oxygen atoms in total. The molecule has 1 amide bonds. The third kappa shape index (κ3) is 8.62. The smallest absolute Gasteiger partial charge is 0.414 e. The standard InChI is InChI=1S/C19H25N3OS.C2H2O4/c23-19(15-20-14-18-6-5-13-24-18)21-16-7-9-17(10-8-16)22-11-3-1-2-4-12-22;3-1(4)2(5)6/h5-10,13,20H,1-4,11-12,14-15H2,(H,21,23);(H,3,4)(H,5,6). The number of hydrogen-bond acceptors (Lipinski definition) is 6. The van der Waals surface area contributed by atoms with Gasteiger partial charge in [0.05, 0.1) is 6.54 Å². The monoisotopic (exact) mass is 433 g/mol. The number of carboxylic acids is 2. The van der Waals surface area contributed by atoms with E-state index in [1.165, 1.54) is 36.2 Å². The summed E-state index contributed by atoms with van der Waals surface area (Å²) in [7, 11) is 0. The maximum atomic E-state index is 12.0. The summed E-state index contributed by atoms with van der Waals surface area (Å²) in [6.45, 7) is 3.33. The van der Waals surface area contributed by atoms with Crippen molar-refractivity contribution in [2.75, 3.05) is 29.9 Å². The molecule has 1 fully saturated rings. The van der Waals surface area contributed by atoms with E-state index in [0.717, 1.165) is 25.3 Å². The van der Waals surface area contributed by atoms with Crippen molar-refractivity contribution >= 4 is 40.6 Å². The summed E-state index contributed by atoms with van der Waals surface area (Å²) in [6.07, 6.45) is 5.22. The van der Waals surface area contributed by atoms with Crippen molar-refractivity contribution in [2.24, 2.45) is 0 Å². The molecular weight excluding hydrogens is 406 g/mol. The molecule has 9 heteroatoms. The van der Waals surface area contributed by atoms with Gasteiger partial charge >= 0.3 is 11.9 Å². The lowest BCUT2D eigenvalue weighted by molar-refractivity contribution is -0.159. The van der Waals surface area contributed by atoms with Crippen LogP contribution in [0.5, 0.6) is 0 Å². The van der Waals surface area contributed by atoms with Gasteiger partial charge in [-0.05, 0) is 48.6 Å². The molecular formula is C21H27N3O5S. The minimum absolute atomic E-state index is 0.00548. The van der Waals surface area contributed by atoms with Crippen LogP contribution in [-0.2, 0) is 20.9 Å². The Morgan fingerprint density at radius 2 is 1.57 bits per heavy atom. The molecule has 0 unspecified atom stereocenters. The van der Waals surface area contributed by atoms with E-state index in [4.69, 9.17) is 19.8 Å². The molecule has 1 saturated heterocycles. The highest BCUT2D eigenvalue weighted by atomic mass is 32.1. The van der Waals surface area contributed by atoms with Gasteiger partial charge in [0.25, 0.3) is 0 Å².